The lowest BCUT2D eigenvalue weighted by molar-refractivity contribution is 0.104. The third-order valence-electron chi connectivity index (χ3n) is 2.63. The number of nitriles is 2. The van der Waals surface area contributed by atoms with Gasteiger partial charge in [-0.2, -0.15) is 21.9 Å². The minimum absolute atomic E-state index is 0.00620. The molecule has 3 nitrogen and oxygen atoms in total. The van der Waals surface area contributed by atoms with Gasteiger partial charge in [-0.25, -0.2) is 0 Å². The van der Waals surface area contributed by atoms with Gasteiger partial charge < -0.3 is 0 Å². The summed E-state index contributed by atoms with van der Waals surface area (Å²) in [5, 5.41) is 21.5. The van der Waals surface area contributed by atoms with Crippen molar-refractivity contribution in [2.75, 3.05) is 0 Å². The SMILES string of the molecule is CC(C)=C1C(=O)c2cscc2C1=C(C#N)C#N. The van der Waals surface area contributed by atoms with Gasteiger partial charge in [0.05, 0.1) is 0 Å². The molecular weight excluding hydrogens is 232 g/mol. The molecule has 0 atom stereocenters. The highest BCUT2D eigenvalue weighted by molar-refractivity contribution is 7.08. The number of hydrogen-bond acceptors (Lipinski definition) is 4. The maximum atomic E-state index is 12.1. The van der Waals surface area contributed by atoms with E-state index in [9.17, 15) is 4.79 Å². The second-order valence-electron chi connectivity index (χ2n) is 3.88. The first-order chi connectivity index (χ1) is 8.11. The van der Waals surface area contributed by atoms with Crippen LogP contribution in [0.25, 0.3) is 5.57 Å². The first kappa shape index (κ1) is 11.3. The molecule has 0 N–H and O–H groups in total. The Bertz CT molecular complexity index is 642. The summed E-state index contributed by atoms with van der Waals surface area (Å²) in [6.07, 6.45) is 0. The molecule has 0 spiro atoms. The molecule has 0 saturated heterocycles. The van der Waals surface area contributed by atoms with Crippen LogP contribution in [0.4, 0.5) is 0 Å². The van der Waals surface area contributed by atoms with E-state index in [2.05, 4.69) is 0 Å². The molecule has 0 aromatic carbocycles. The van der Waals surface area contributed by atoms with Crippen LogP contribution >= 0.6 is 11.3 Å². The van der Waals surface area contributed by atoms with Gasteiger partial charge in [0.1, 0.15) is 17.7 Å². The van der Waals surface area contributed by atoms with Gasteiger partial charge in [-0.05, 0) is 19.2 Å². The lowest BCUT2D eigenvalue weighted by Gasteiger charge is -2.02. The van der Waals surface area contributed by atoms with E-state index in [1.165, 1.54) is 11.3 Å². The largest absolute Gasteiger partial charge is 0.289 e. The van der Waals surface area contributed by atoms with Gasteiger partial charge in [-0.1, -0.05) is 5.57 Å². The molecule has 4 heteroatoms. The lowest BCUT2D eigenvalue weighted by atomic mass is 9.98. The highest BCUT2D eigenvalue weighted by Gasteiger charge is 2.33. The van der Waals surface area contributed by atoms with E-state index in [1.807, 2.05) is 31.4 Å². The normalized spacial score (nSPS) is 13.1. The van der Waals surface area contributed by atoms with E-state index in [4.69, 9.17) is 10.5 Å². The number of Topliss-reactive ketones (excluding diaryl/α,β-unsaturated/α-hetero) is 1. The number of ketones is 1. The summed E-state index contributed by atoms with van der Waals surface area (Å²) in [5.41, 5.74) is 3.15. The molecule has 0 bridgehead atoms. The molecule has 0 saturated carbocycles. The number of allylic oxidation sites excluding steroid dienone is 4. The van der Waals surface area contributed by atoms with E-state index >= 15 is 0 Å². The Morgan fingerprint density at radius 3 is 2.24 bits per heavy atom. The van der Waals surface area contributed by atoms with E-state index in [1.54, 1.807) is 5.38 Å². The average molecular weight is 240 g/mol. The molecule has 17 heavy (non-hydrogen) atoms. The van der Waals surface area contributed by atoms with Crippen LogP contribution in [-0.2, 0) is 0 Å². The molecule has 0 aliphatic heterocycles. The molecule has 0 radical (unpaired) electrons. The van der Waals surface area contributed by atoms with Crippen LogP contribution in [-0.4, -0.2) is 5.78 Å². The zero-order valence-electron chi connectivity index (χ0n) is 9.37. The van der Waals surface area contributed by atoms with Crippen LogP contribution in [0.15, 0.2) is 27.5 Å². The summed E-state index contributed by atoms with van der Waals surface area (Å²) in [6, 6.07) is 3.73. The van der Waals surface area contributed by atoms with Crippen molar-refractivity contribution in [1.82, 2.24) is 0 Å². The summed E-state index contributed by atoms with van der Waals surface area (Å²) >= 11 is 1.41. The van der Waals surface area contributed by atoms with Crippen molar-refractivity contribution in [3.05, 3.63) is 38.6 Å². The topological polar surface area (TPSA) is 64.7 Å². The Balaban J connectivity index is 2.88. The highest BCUT2D eigenvalue weighted by atomic mass is 32.1. The Morgan fingerprint density at radius 2 is 1.71 bits per heavy atom. The molecule has 0 amide bonds. The summed E-state index contributed by atoms with van der Waals surface area (Å²) in [4.78, 5) is 12.1. The van der Waals surface area contributed by atoms with E-state index in [0.29, 0.717) is 22.3 Å². The van der Waals surface area contributed by atoms with Crippen LogP contribution < -0.4 is 0 Å². The number of hydrogen-bond donors (Lipinski definition) is 0. The molecule has 1 heterocycles. The minimum atomic E-state index is -0.0840. The fraction of sp³-hybridized carbons (Fsp3) is 0.154. The van der Waals surface area contributed by atoms with Gasteiger partial charge in [-0.3, -0.25) is 4.79 Å². The van der Waals surface area contributed by atoms with Crippen LogP contribution in [0.3, 0.4) is 0 Å². The molecule has 1 aromatic rings. The predicted octanol–water partition coefficient (Wildman–Crippen LogP) is 3.08. The zero-order valence-corrected chi connectivity index (χ0v) is 10.2. The van der Waals surface area contributed by atoms with E-state index in [0.717, 1.165) is 5.57 Å². The number of carbonyl (C=O) groups is 1. The maximum Gasteiger partial charge on any atom is 0.195 e. The smallest absolute Gasteiger partial charge is 0.195 e. The lowest BCUT2D eigenvalue weighted by Crippen LogP contribution is -1.97. The van der Waals surface area contributed by atoms with Crippen LogP contribution in [0.1, 0.15) is 29.8 Å². The average Bonchev–Trinajstić information content (AvgIpc) is 2.84. The van der Waals surface area contributed by atoms with Crippen molar-refractivity contribution in [2.45, 2.75) is 13.8 Å². The number of nitrogens with zero attached hydrogens (tertiary/aromatic N) is 2. The molecular formula is C13H8N2OS. The van der Waals surface area contributed by atoms with Crippen molar-refractivity contribution in [2.24, 2.45) is 0 Å². The van der Waals surface area contributed by atoms with Gasteiger partial charge in [-0.15, -0.1) is 0 Å². The molecule has 1 aliphatic carbocycles. The quantitative estimate of drug-likeness (QED) is 0.517. The Hall–Kier alpha value is -2.17. The number of fused-ring (bicyclic) bond motifs is 1. The summed E-state index contributed by atoms with van der Waals surface area (Å²) < 4.78 is 0. The Kier molecular flexibility index (Phi) is 2.67. The third-order valence-corrected chi connectivity index (χ3v) is 3.37. The molecule has 0 fully saturated rings. The number of rotatable bonds is 0. The summed E-state index contributed by atoms with van der Waals surface area (Å²) in [7, 11) is 0. The zero-order chi connectivity index (χ0) is 12.6. The Labute approximate surface area is 103 Å². The van der Waals surface area contributed by atoms with Gasteiger partial charge in [0, 0.05) is 27.7 Å². The monoisotopic (exact) mass is 240 g/mol. The van der Waals surface area contributed by atoms with Crippen LogP contribution in [0.2, 0.25) is 0 Å². The molecule has 1 aliphatic rings. The van der Waals surface area contributed by atoms with Gasteiger partial charge >= 0.3 is 0 Å². The fourth-order valence-electron chi connectivity index (χ4n) is 1.92. The van der Waals surface area contributed by atoms with Crippen molar-refractivity contribution in [1.29, 1.82) is 10.5 Å². The predicted molar refractivity (Wildman–Crippen MR) is 65.2 cm³/mol. The minimum Gasteiger partial charge on any atom is -0.289 e. The highest BCUT2D eigenvalue weighted by Crippen LogP contribution is 2.41. The molecule has 2 rings (SSSR count). The van der Waals surface area contributed by atoms with Gasteiger partial charge in [0.15, 0.2) is 5.78 Å². The third kappa shape index (κ3) is 1.51. The van der Waals surface area contributed by atoms with Crippen LogP contribution in [0, 0.1) is 22.7 Å². The van der Waals surface area contributed by atoms with Crippen LogP contribution in [0.5, 0.6) is 0 Å². The maximum absolute atomic E-state index is 12.1. The second kappa shape index (κ2) is 4.01. The summed E-state index contributed by atoms with van der Waals surface area (Å²) in [5.74, 6) is -0.0840. The fourth-order valence-corrected chi connectivity index (χ4v) is 2.74. The first-order valence-electron chi connectivity index (χ1n) is 4.95. The number of thiophene rings is 1. The first-order valence-corrected chi connectivity index (χ1v) is 5.89. The molecule has 0 unspecified atom stereocenters. The Morgan fingerprint density at radius 1 is 1.12 bits per heavy atom. The van der Waals surface area contributed by atoms with Crippen molar-refractivity contribution < 1.29 is 4.79 Å². The summed E-state index contributed by atoms with van der Waals surface area (Å²) in [6.45, 7) is 3.63. The van der Waals surface area contributed by atoms with Crippen molar-refractivity contribution in [3.63, 3.8) is 0 Å². The van der Waals surface area contributed by atoms with Gasteiger partial charge in [0.2, 0.25) is 0 Å². The van der Waals surface area contributed by atoms with Gasteiger partial charge in [0.25, 0.3) is 0 Å². The van der Waals surface area contributed by atoms with Crippen molar-refractivity contribution in [3.8, 4) is 12.1 Å². The molecule has 1 aromatic heterocycles. The van der Waals surface area contributed by atoms with E-state index < -0.39 is 0 Å². The standard InChI is InChI=1S/C13H8N2OS/c1-7(2)11-12(8(3-14)4-15)9-5-17-6-10(9)13(11)16/h5-6H,1-2H3. The van der Waals surface area contributed by atoms with Crippen molar-refractivity contribution >= 4 is 22.7 Å². The second-order valence-corrected chi connectivity index (χ2v) is 4.62. The van der Waals surface area contributed by atoms with E-state index in [-0.39, 0.29) is 11.4 Å². The number of carbonyl (C=O) groups excluding carboxylic acids is 1. The molecule has 82 valence electrons.